The van der Waals surface area contributed by atoms with Gasteiger partial charge in [-0.2, -0.15) is 0 Å². The lowest BCUT2D eigenvalue weighted by atomic mass is 9.61. The highest BCUT2D eigenvalue weighted by molar-refractivity contribution is 6.35. The van der Waals surface area contributed by atoms with Crippen LogP contribution in [0.3, 0.4) is 0 Å². The van der Waals surface area contributed by atoms with E-state index in [0.29, 0.717) is 12.1 Å². The maximum atomic E-state index is 13.8. The van der Waals surface area contributed by atoms with Crippen LogP contribution in [0.25, 0.3) is 0 Å². The van der Waals surface area contributed by atoms with Crippen molar-refractivity contribution in [3.63, 3.8) is 0 Å². The van der Waals surface area contributed by atoms with E-state index >= 15 is 0 Å². The zero-order chi connectivity index (χ0) is 15.0. The molecule has 1 aromatic carbocycles. The summed E-state index contributed by atoms with van der Waals surface area (Å²) in [5.41, 5.74) is 4.59. The Balaban J connectivity index is 2.50. The minimum absolute atomic E-state index is 0.0417. The van der Waals surface area contributed by atoms with Crippen molar-refractivity contribution >= 4 is 23.2 Å². The van der Waals surface area contributed by atoms with Crippen LogP contribution in [0.4, 0.5) is 4.39 Å². The summed E-state index contributed by atoms with van der Waals surface area (Å²) in [4.78, 5) is 0. The second-order valence-electron chi connectivity index (χ2n) is 5.86. The van der Waals surface area contributed by atoms with E-state index in [0.717, 1.165) is 32.1 Å². The summed E-state index contributed by atoms with van der Waals surface area (Å²) in [7, 11) is 0. The molecule has 0 bridgehead atoms. The number of hydrogen-bond acceptors (Lipinski definition) is 2. The van der Waals surface area contributed by atoms with E-state index in [1.165, 1.54) is 12.1 Å². The molecule has 5 heteroatoms. The van der Waals surface area contributed by atoms with Gasteiger partial charge in [-0.3, -0.25) is 0 Å². The molecule has 0 amide bonds. The Labute approximate surface area is 129 Å². The monoisotopic (exact) mass is 319 g/mol. The largest absolute Gasteiger partial charge is 0.385 e. The van der Waals surface area contributed by atoms with Crippen LogP contribution in [0.2, 0.25) is 10.0 Å². The molecule has 1 unspecified atom stereocenters. The van der Waals surface area contributed by atoms with Crippen LogP contribution in [0, 0.1) is 11.2 Å². The zero-order valence-corrected chi connectivity index (χ0v) is 13.1. The summed E-state index contributed by atoms with van der Waals surface area (Å²) < 4.78 is 13.8. The second kappa shape index (κ2) is 5.80. The highest BCUT2D eigenvalue weighted by Crippen LogP contribution is 2.51. The molecule has 1 aromatic rings. The summed E-state index contributed by atoms with van der Waals surface area (Å²) in [6, 6.07) is 2.58. The lowest BCUT2D eigenvalue weighted by Gasteiger charge is -2.48. The first-order valence-corrected chi connectivity index (χ1v) is 7.67. The molecule has 3 N–H and O–H groups in total. The molecule has 20 heavy (non-hydrogen) atoms. The fraction of sp³-hybridized carbons (Fsp3) is 0.600. The second-order valence-corrected chi connectivity index (χ2v) is 6.68. The molecular weight excluding hydrogens is 300 g/mol. The molecule has 0 aromatic heterocycles. The molecule has 0 heterocycles. The van der Waals surface area contributed by atoms with Crippen LogP contribution >= 0.6 is 23.2 Å². The van der Waals surface area contributed by atoms with E-state index in [1.54, 1.807) is 6.92 Å². The molecule has 0 radical (unpaired) electrons. The number of nitrogens with two attached hydrogens (primary N) is 1. The molecule has 2 nitrogen and oxygen atoms in total. The molecule has 0 saturated heterocycles. The van der Waals surface area contributed by atoms with Crippen LogP contribution < -0.4 is 5.73 Å². The Hall–Kier alpha value is -0.350. The highest BCUT2D eigenvalue weighted by Gasteiger charge is 2.48. The van der Waals surface area contributed by atoms with Gasteiger partial charge in [0.2, 0.25) is 0 Å². The third kappa shape index (κ3) is 2.57. The zero-order valence-electron chi connectivity index (χ0n) is 11.6. The average Bonchev–Trinajstić information content (AvgIpc) is 2.43. The molecule has 112 valence electrons. The summed E-state index contributed by atoms with van der Waals surface area (Å²) in [5, 5.41) is 11.3. The van der Waals surface area contributed by atoms with Crippen molar-refractivity contribution in [3.8, 4) is 0 Å². The van der Waals surface area contributed by atoms with Crippen LogP contribution in [0.15, 0.2) is 12.1 Å². The quantitative estimate of drug-likeness (QED) is 0.818. The van der Waals surface area contributed by atoms with Crippen molar-refractivity contribution in [1.29, 1.82) is 0 Å². The summed E-state index contributed by atoms with van der Waals surface area (Å²) in [6.45, 7) is 2.03. The lowest BCUT2D eigenvalue weighted by Crippen LogP contribution is -2.50. The van der Waals surface area contributed by atoms with Gasteiger partial charge in [-0.15, -0.1) is 0 Å². The third-order valence-corrected chi connectivity index (χ3v) is 5.37. The van der Waals surface area contributed by atoms with Crippen LogP contribution in [-0.2, 0) is 5.60 Å². The molecule has 2 rings (SSSR count). The van der Waals surface area contributed by atoms with Crippen molar-refractivity contribution in [2.45, 2.75) is 44.6 Å². The molecule has 1 fully saturated rings. The SMILES string of the molecule is CC(O)(c1cc(F)c(Cl)cc1Cl)C1(CN)CCCCC1. The van der Waals surface area contributed by atoms with E-state index < -0.39 is 16.8 Å². The molecule has 0 aliphatic heterocycles. The van der Waals surface area contributed by atoms with Gasteiger partial charge in [-0.25, -0.2) is 4.39 Å². The normalized spacial score (nSPS) is 21.5. The number of halogens is 3. The third-order valence-electron chi connectivity index (χ3n) is 4.77. The van der Waals surface area contributed by atoms with Gasteiger partial charge in [-0.05, 0) is 31.9 Å². The van der Waals surface area contributed by atoms with Gasteiger partial charge in [0.25, 0.3) is 0 Å². The van der Waals surface area contributed by atoms with Crippen molar-refractivity contribution in [2.75, 3.05) is 6.54 Å². The minimum atomic E-state index is -1.27. The van der Waals surface area contributed by atoms with Crippen molar-refractivity contribution in [3.05, 3.63) is 33.6 Å². The van der Waals surface area contributed by atoms with Crippen molar-refractivity contribution in [2.24, 2.45) is 11.1 Å². The number of rotatable bonds is 3. The van der Waals surface area contributed by atoms with Gasteiger partial charge < -0.3 is 10.8 Å². The van der Waals surface area contributed by atoms with Crippen LogP contribution in [0.5, 0.6) is 0 Å². The average molecular weight is 320 g/mol. The highest BCUT2D eigenvalue weighted by atomic mass is 35.5. The van der Waals surface area contributed by atoms with E-state index in [-0.39, 0.29) is 10.0 Å². The Kier molecular flexibility index (Phi) is 4.65. The van der Waals surface area contributed by atoms with Crippen LogP contribution in [0.1, 0.15) is 44.6 Å². The van der Waals surface area contributed by atoms with Gasteiger partial charge in [-0.1, -0.05) is 42.5 Å². The molecular formula is C15H20Cl2FNO. The lowest BCUT2D eigenvalue weighted by molar-refractivity contribution is -0.0919. The van der Waals surface area contributed by atoms with Gasteiger partial charge in [0.05, 0.1) is 10.6 Å². The van der Waals surface area contributed by atoms with E-state index in [1.807, 2.05) is 0 Å². The first kappa shape index (κ1) is 16.0. The van der Waals surface area contributed by atoms with Crippen molar-refractivity contribution < 1.29 is 9.50 Å². The number of aliphatic hydroxyl groups is 1. The maximum Gasteiger partial charge on any atom is 0.142 e. The number of benzene rings is 1. The summed E-state index contributed by atoms with van der Waals surface area (Å²) in [5.74, 6) is -0.575. The maximum absolute atomic E-state index is 13.8. The van der Waals surface area contributed by atoms with E-state index in [4.69, 9.17) is 28.9 Å². The summed E-state index contributed by atoms with van der Waals surface area (Å²) in [6.07, 6.45) is 4.80. The predicted octanol–water partition coefficient (Wildman–Crippen LogP) is 4.25. The summed E-state index contributed by atoms with van der Waals surface area (Å²) >= 11 is 11.9. The molecule has 1 saturated carbocycles. The molecule has 1 aliphatic rings. The molecule has 0 spiro atoms. The first-order chi connectivity index (χ1) is 9.34. The van der Waals surface area contributed by atoms with E-state index in [9.17, 15) is 9.50 Å². The van der Waals surface area contributed by atoms with Gasteiger partial charge >= 0.3 is 0 Å². The smallest absolute Gasteiger partial charge is 0.142 e. The first-order valence-electron chi connectivity index (χ1n) is 6.91. The van der Waals surface area contributed by atoms with Gasteiger partial charge in [0.1, 0.15) is 5.82 Å². The Morgan fingerprint density at radius 2 is 1.85 bits per heavy atom. The van der Waals surface area contributed by atoms with Gasteiger partial charge in [0.15, 0.2) is 0 Å². The molecule has 1 atom stereocenters. The molecule has 1 aliphatic carbocycles. The fourth-order valence-electron chi connectivity index (χ4n) is 3.30. The van der Waals surface area contributed by atoms with Crippen LogP contribution in [-0.4, -0.2) is 11.7 Å². The minimum Gasteiger partial charge on any atom is -0.385 e. The Morgan fingerprint density at radius 3 is 2.40 bits per heavy atom. The Bertz CT molecular complexity index is 499. The number of hydrogen-bond donors (Lipinski definition) is 2. The fourth-order valence-corrected chi connectivity index (χ4v) is 3.87. The predicted molar refractivity (Wildman–Crippen MR) is 80.6 cm³/mol. The Morgan fingerprint density at radius 1 is 1.25 bits per heavy atom. The topological polar surface area (TPSA) is 46.2 Å². The standard InChI is InChI=1S/C15H20Cl2FNO/c1-14(20,15(9-19)5-3-2-4-6-15)10-7-13(18)12(17)8-11(10)16/h7-8,20H,2-6,9,19H2,1H3. The van der Waals surface area contributed by atoms with Gasteiger partial charge in [0, 0.05) is 22.5 Å². The van der Waals surface area contributed by atoms with Crippen molar-refractivity contribution in [1.82, 2.24) is 0 Å². The van der Waals surface area contributed by atoms with E-state index in [2.05, 4.69) is 0 Å².